The van der Waals surface area contributed by atoms with E-state index < -0.39 is 21.0 Å². The third kappa shape index (κ3) is 3.07. The van der Waals surface area contributed by atoms with Crippen LogP contribution in [0.5, 0.6) is 5.88 Å². The molecule has 4 heterocycles. The molecule has 2 atom stereocenters. The van der Waals surface area contributed by atoms with Crippen molar-refractivity contribution in [2.75, 3.05) is 20.2 Å². The highest BCUT2D eigenvalue weighted by Crippen LogP contribution is 2.46. The Kier molecular flexibility index (Phi) is 4.56. The number of ether oxygens (including phenoxy) is 1. The molecule has 3 aromatic rings. The fourth-order valence-corrected chi connectivity index (χ4v) is 6.74. The molecule has 6 nitrogen and oxygen atoms in total. The SMILES string of the molecule is COc1ncccc1CN1CC2c3cc(-c4ccc(F)nc4)ccc3S(=O)(=O)C2C1. The average Bonchev–Trinajstić information content (AvgIpc) is 3.26. The van der Waals surface area contributed by atoms with Crippen LogP contribution < -0.4 is 4.74 Å². The second-order valence-corrected chi connectivity index (χ2v) is 9.81. The molecule has 1 saturated heterocycles. The van der Waals surface area contributed by atoms with E-state index in [1.54, 1.807) is 31.5 Å². The van der Waals surface area contributed by atoms with E-state index in [1.807, 2.05) is 18.2 Å². The van der Waals surface area contributed by atoms with E-state index in [0.717, 1.165) is 22.3 Å². The van der Waals surface area contributed by atoms with Gasteiger partial charge in [0.1, 0.15) is 0 Å². The van der Waals surface area contributed by atoms with Gasteiger partial charge < -0.3 is 4.74 Å². The minimum atomic E-state index is -3.39. The first-order valence-electron chi connectivity index (χ1n) is 9.67. The van der Waals surface area contributed by atoms with Gasteiger partial charge in [0.05, 0.1) is 17.3 Å². The van der Waals surface area contributed by atoms with E-state index in [4.69, 9.17) is 4.74 Å². The second kappa shape index (κ2) is 7.14. The Balaban J connectivity index is 1.46. The third-order valence-electron chi connectivity index (χ3n) is 5.95. The molecule has 0 bridgehead atoms. The van der Waals surface area contributed by atoms with Gasteiger partial charge >= 0.3 is 0 Å². The van der Waals surface area contributed by atoms with Gasteiger partial charge in [-0.05, 0) is 41.5 Å². The van der Waals surface area contributed by atoms with Gasteiger partial charge in [-0.1, -0.05) is 12.1 Å². The summed E-state index contributed by atoms with van der Waals surface area (Å²) < 4.78 is 44.8. The topological polar surface area (TPSA) is 72.4 Å². The van der Waals surface area contributed by atoms with E-state index in [-0.39, 0.29) is 5.92 Å². The molecule has 0 amide bonds. The summed E-state index contributed by atoms with van der Waals surface area (Å²) in [5, 5.41) is -0.461. The molecule has 0 saturated carbocycles. The average molecular weight is 425 g/mol. The van der Waals surface area contributed by atoms with Crippen molar-refractivity contribution >= 4 is 9.84 Å². The van der Waals surface area contributed by atoms with Crippen LogP contribution in [0.1, 0.15) is 17.0 Å². The first-order chi connectivity index (χ1) is 14.5. The number of rotatable bonds is 4. The number of hydrogen-bond donors (Lipinski definition) is 0. The van der Waals surface area contributed by atoms with Crippen LogP contribution in [0, 0.1) is 5.95 Å². The Morgan fingerprint density at radius 3 is 2.73 bits per heavy atom. The van der Waals surface area contributed by atoms with Gasteiger partial charge in [0, 0.05) is 49.1 Å². The summed E-state index contributed by atoms with van der Waals surface area (Å²) in [5.74, 6) is -0.0789. The Bertz CT molecular complexity index is 1210. The molecule has 0 N–H and O–H groups in total. The number of aromatic nitrogens is 2. The highest BCUT2D eigenvalue weighted by molar-refractivity contribution is 7.92. The Morgan fingerprint density at radius 2 is 1.97 bits per heavy atom. The zero-order chi connectivity index (χ0) is 20.9. The molecule has 2 aliphatic heterocycles. The highest BCUT2D eigenvalue weighted by atomic mass is 32.2. The van der Waals surface area contributed by atoms with Crippen LogP contribution in [0.25, 0.3) is 11.1 Å². The van der Waals surface area contributed by atoms with E-state index >= 15 is 0 Å². The van der Waals surface area contributed by atoms with Gasteiger partial charge in [-0.3, -0.25) is 4.90 Å². The minimum Gasteiger partial charge on any atom is -0.481 e. The van der Waals surface area contributed by atoms with E-state index in [9.17, 15) is 12.8 Å². The molecule has 154 valence electrons. The van der Waals surface area contributed by atoms with Crippen molar-refractivity contribution in [3.05, 3.63) is 71.9 Å². The number of sulfone groups is 1. The summed E-state index contributed by atoms with van der Waals surface area (Å²) in [6.45, 7) is 1.68. The van der Waals surface area contributed by atoms with Gasteiger partial charge in [0.2, 0.25) is 11.8 Å². The van der Waals surface area contributed by atoms with Crippen molar-refractivity contribution in [3.8, 4) is 17.0 Å². The van der Waals surface area contributed by atoms with E-state index in [1.165, 1.54) is 12.3 Å². The molecule has 2 aromatic heterocycles. The standard InChI is InChI=1S/C22H20FN3O3S/c1-29-22-16(3-2-8-24-22)11-26-12-18-17-9-14(15-5-7-21(23)25-10-15)4-6-19(17)30(27,28)20(18)13-26/h2-10,18,20H,11-13H2,1H3. The summed E-state index contributed by atoms with van der Waals surface area (Å²) in [4.78, 5) is 10.5. The van der Waals surface area contributed by atoms with E-state index in [2.05, 4.69) is 14.9 Å². The summed E-state index contributed by atoms with van der Waals surface area (Å²) in [5.41, 5.74) is 3.37. The second-order valence-electron chi connectivity index (χ2n) is 7.68. The molecular weight excluding hydrogens is 405 g/mol. The van der Waals surface area contributed by atoms with Crippen molar-refractivity contribution in [2.24, 2.45) is 0 Å². The van der Waals surface area contributed by atoms with Crippen LogP contribution in [0.2, 0.25) is 0 Å². The number of methoxy groups -OCH3 is 1. The molecular formula is C22H20FN3O3S. The van der Waals surface area contributed by atoms with Crippen LogP contribution in [-0.2, 0) is 16.4 Å². The zero-order valence-corrected chi connectivity index (χ0v) is 17.1. The maximum atomic E-state index is 13.2. The molecule has 2 unspecified atom stereocenters. The molecule has 8 heteroatoms. The molecule has 0 radical (unpaired) electrons. The highest BCUT2D eigenvalue weighted by Gasteiger charge is 2.50. The van der Waals surface area contributed by atoms with Crippen LogP contribution in [-0.4, -0.2) is 48.7 Å². The van der Waals surface area contributed by atoms with Crippen molar-refractivity contribution in [1.29, 1.82) is 0 Å². The predicted octanol–water partition coefficient (Wildman–Crippen LogP) is 3.05. The van der Waals surface area contributed by atoms with Crippen LogP contribution in [0.3, 0.4) is 0 Å². The Morgan fingerprint density at radius 1 is 1.13 bits per heavy atom. The number of hydrogen-bond acceptors (Lipinski definition) is 6. The van der Waals surface area contributed by atoms with Gasteiger partial charge in [0.15, 0.2) is 9.84 Å². The summed E-state index contributed by atoms with van der Waals surface area (Å²) in [6.07, 6.45) is 3.14. The number of nitrogens with zero attached hydrogens (tertiary/aromatic N) is 3. The fraction of sp³-hybridized carbons (Fsp3) is 0.273. The number of likely N-dealkylation sites (tertiary alicyclic amines) is 1. The lowest BCUT2D eigenvalue weighted by Gasteiger charge is -2.18. The first kappa shape index (κ1) is 19.1. The Hall–Kier alpha value is -2.84. The number of halogens is 1. The lowest BCUT2D eigenvalue weighted by atomic mass is 9.95. The largest absolute Gasteiger partial charge is 0.481 e. The fourth-order valence-electron chi connectivity index (χ4n) is 4.55. The molecule has 30 heavy (non-hydrogen) atoms. The number of fused-ring (bicyclic) bond motifs is 3. The Labute approximate surface area is 174 Å². The van der Waals surface area contributed by atoms with Crippen LogP contribution >= 0.6 is 0 Å². The zero-order valence-electron chi connectivity index (χ0n) is 16.3. The summed E-state index contributed by atoms with van der Waals surface area (Å²) in [6, 6.07) is 12.1. The van der Waals surface area contributed by atoms with Gasteiger partial charge in [-0.25, -0.2) is 18.4 Å². The molecule has 1 fully saturated rings. The number of benzene rings is 1. The quantitative estimate of drug-likeness (QED) is 0.599. The molecule has 0 aliphatic carbocycles. The van der Waals surface area contributed by atoms with Crippen molar-refractivity contribution in [1.82, 2.24) is 14.9 Å². The summed E-state index contributed by atoms with van der Waals surface area (Å²) >= 11 is 0. The van der Waals surface area contributed by atoms with Crippen LogP contribution in [0.4, 0.5) is 4.39 Å². The first-order valence-corrected chi connectivity index (χ1v) is 11.2. The summed E-state index contributed by atoms with van der Waals surface area (Å²) in [7, 11) is -1.81. The van der Waals surface area contributed by atoms with Gasteiger partial charge in [-0.2, -0.15) is 4.39 Å². The lowest BCUT2D eigenvalue weighted by Crippen LogP contribution is -2.26. The maximum absolute atomic E-state index is 13.2. The van der Waals surface area contributed by atoms with Crippen LogP contribution in [0.15, 0.2) is 59.8 Å². The molecule has 2 aliphatic rings. The van der Waals surface area contributed by atoms with Gasteiger partial charge in [-0.15, -0.1) is 0 Å². The minimum absolute atomic E-state index is 0.0963. The van der Waals surface area contributed by atoms with Crippen molar-refractivity contribution in [3.63, 3.8) is 0 Å². The van der Waals surface area contributed by atoms with Crippen molar-refractivity contribution < 1.29 is 17.5 Å². The normalized spacial score (nSPS) is 21.9. The molecule has 5 rings (SSSR count). The number of pyridine rings is 2. The molecule has 1 aromatic carbocycles. The van der Waals surface area contributed by atoms with Crippen molar-refractivity contribution in [2.45, 2.75) is 22.6 Å². The predicted molar refractivity (Wildman–Crippen MR) is 109 cm³/mol. The monoisotopic (exact) mass is 425 g/mol. The maximum Gasteiger partial charge on any atom is 0.217 e. The van der Waals surface area contributed by atoms with E-state index in [0.29, 0.717) is 30.4 Å². The smallest absolute Gasteiger partial charge is 0.217 e. The third-order valence-corrected chi connectivity index (χ3v) is 8.21. The van der Waals surface area contributed by atoms with Gasteiger partial charge in [0.25, 0.3) is 0 Å². The molecule has 0 spiro atoms. The lowest BCUT2D eigenvalue weighted by molar-refractivity contribution is 0.313.